The molecule has 106 valence electrons. The largest absolute Gasteiger partial charge is 0.481 e. The fourth-order valence-electron chi connectivity index (χ4n) is 2.95. The van der Waals surface area contributed by atoms with E-state index in [0.29, 0.717) is 13.0 Å². The minimum Gasteiger partial charge on any atom is -0.481 e. The van der Waals surface area contributed by atoms with Crippen LogP contribution in [0.4, 0.5) is 5.69 Å². The van der Waals surface area contributed by atoms with Crippen LogP contribution in [-0.2, 0) is 9.59 Å². The zero-order valence-corrected chi connectivity index (χ0v) is 12.6. The van der Waals surface area contributed by atoms with E-state index in [4.69, 9.17) is 0 Å². The number of carbonyl (C=O) groups is 2. The molecule has 1 N–H and O–H groups in total. The summed E-state index contributed by atoms with van der Waals surface area (Å²) in [5.74, 6) is -1.05. The number of fused-ring (bicyclic) bond motifs is 1. The van der Waals surface area contributed by atoms with Gasteiger partial charge in [-0.2, -0.15) is 0 Å². The molecule has 1 unspecified atom stereocenters. The van der Waals surface area contributed by atoms with Gasteiger partial charge in [-0.15, -0.1) is 0 Å². The quantitative estimate of drug-likeness (QED) is 0.901. The van der Waals surface area contributed by atoms with E-state index in [1.807, 2.05) is 18.2 Å². The number of aliphatic carboxylic acids is 1. The standard InChI is InChI=1S/C15H16BrNO3/c16-10-4-5-13-12(8-10)11(15(19)20)6-7-17(13)14(18)9-2-1-3-9/h4-5,8-9,11H,1-3,6-7H2,(H,19,20). The third-order valence-electron chi connectivity index (χ3n) is 4.32. The van der Waals surface area contributed by atoms with Gasteiger partial charge in [0, 0.05) is 22.6 Å². The van der Waals surface area contributed by atoms with Gasteiger partial charge < -0.3 is 10.0 Å². The summed E-state index contributed by atoms with van der Waals surface area (Å²) in [6.07, 6.45) is 3.53. The Kier molecular flexibility index (Phi) is 3.54. The fourth-order valence-corrected chi connectivity index (χ4v) is 3.32. The van der Waals surface area contributed by atoms with E-state index in [1.54, 1.807) is 4.90 Å². The van der Waals surface area contributed by atoms with Crippen LogP contribution >= 0.6 is 15.9 Å². The average molecular weight is 338 g/mol. The summed E-state index contributed by atoms with van der Waals surface area (Å²) >= 11 is 3.38. The molecule has 1 aromatic rings. The van der Waals surface area contributed by atoms with E-state index in [9.17, 15) is 14.7 Å². The summed E-state index contributed by atoms with van der Waals surface area (Å²) in [5.41, 5.74) is 1.51. The molecule has 2 aliphatic rings. The van der Waals surface area contributed by atoms with Crippen molar-refractivity contribution in [1.82, 2.24) is 0 Å². The number of amides is 1. The maximum atomic E-state index is 12.5. The van der Waals surface area contributed by atoms with Crippen LogP contribution in [0.2, 0.25) is 0 Å². The highest BCUT2D eigenvalue weighted by Crippen LogP contribution is 2.39. The van der Waals surface area contributed by atoms with Gasteiger partial charge in [-0.1, -0.05) is 22.4 Å². The molecule has 1 saturated carbocycles. The Morgan fingerprint density at radius 3 is 2.60 bits per heavy atom. The van der Waals surface area contributed by atoms with Crippen LogP contribution in [0.3, 0.4) is 0 Å². The van der Waals surface area contributed by atoms with E-state index in [-0.39, 0.29) is 11.8 Å². The number of rotatable bonds is 2. The number of halogens is 1. The van der Waals surface area contributed by atoms with E-state index in [2.05, 4.69) is 15.9 Å². The Hall–Kier alpha value is -1.36. The number of hydrogen-bond donors (Lipinski definition) is 1. The molecule has 0 spiro atoms. The zero-order chi connectivity index (χ0) is 14.3. The van der Waals surface area contributed by atoms with Gasteiger partial charge >= 0.3 is 5.97 Å². The molecule has 1 atom stereocenters. The van der Waals surface area contributed by atoms with Crippen LogP contribution in [0.5, 0.6) is 0 Å². The molecule has 4 nitrogen and oxygen atoms in total. The summed E-state index contributed by atoms with van der Waals surface area (Å²) in [7, 11) is 0. The van der Waals surface area contributed by atoms with Crippen LogP contribution in [0, 0.1) is 5.92 Å². The first-order chi connectivity index (χ1) is 9.58. The minimum absolute atomic E-state index is 0.132. The van der Waals surface area contributed by atoms with Crippen molar-refractivity contribution >= 4 is 33.5 Å². The van der Waals surface area contributed by atoms with Gasteiger partial charge in [-0.3, -0.25) is 9.59 Å². The molecule has 1 heterocycles. The average Bonchev–Trinajstić information content (AvgIpc) is 2.34. The number of carbonyl (C=O) groups excluding carboxylic acids is 1. The molecule has 0 radical (unpaired) electrons. The molecule has 1 aliphatic carbocycles. The Balaban J connectivity index is 1.98. The molecule has 3 rings (SSSR count). The highest BCUT2D eigenvalue weighted by Gasteiger charge is 2.36. The van der Waals surface area contributed by atoms with Crippen molar-refractivity contribution in [2.45, 2.75) is 31.6 Å². The van der Waals surface area contributed by atoms with Gasteiger partial charge in [0.2, 0.25) is 5.91 Å². The number of hydrogen-bond acceptors (Lipinski definition) is 2. The SMILES string of the molecule is O=C(O)C1CCN(C(=O)C2CCC2)c2ccc(Br)cc21. The van der Waals surface area contributed by atoms with Crippen molar-refractivity contribution < 1.29 is 14.7 Å². The molecule has 5 heteroatoms. The van der Waals surface area contributed by atoms with Crippen molar-refractivity contribution in [2.75, 3.05) is 11.4 Å². The van der Waals surface area contributed by atoms with Crippen molar-refractivity contribution in [3.63, 3.8) is 0 Å². The van der Waals surface area contributed by atoms with Crippen molar-refractivity contribution in [3.8, 4) is 0 Å². The third kappa shape index (κ3) is 2.24. The molecule has 0 bridgehead atoms. The van der Waals surface area contributed by atoms with Gasteiger partial charge in [0.25, 0.3) is 0 Å². The van der Waals surface area contributed by atoms with Crippen molar-refractivity contribution in [2.24, 2.45) is 5.92 Å². The molecule has 1 amide bonds. The second-order valence-electron chi connectivity index (χ2n) is 5.50. The Morgan fingerprint density at radius 2 is 2.00 bits per heavy atom. The first-order valence-electron chi connectivity index (χ1n) is 6.91. The third-order valence-corrected chi connectivity index (χ3v) is 4.81. The van der Waals surface area contributed by atoms with E-state index in [1.165, 1.54) is 0 Å². The summed E-state index contributed by atoms with van der Waals surface area (Å²) in [6.45, 7) is 0.501. The first-order valence-corrected chi connectivity index (χ1v) is 7.71. The lowest BCUT2D eigenvalue weighted by Crippen LogP contribution is -2.43. The fraction of sp³-hybridized carbons (Fsp3) is 0.467. The highest BCUT2D eigenvalue weighted by molar-refractivity contribution is 9.10. The lowest BCUT2D eigenvalue weighted by molar-refractivity contribution is -0.139. The van der Waals surface area contributed by atoms with Crippen LogP contribution in [0.15, 0.2) is 22.7 Å². The minimum atomic E-state index is -0.819. The predicted molar refractivity (Wildman–Crippen MR) is 78.8 cm³/mol. The normalized spacial score (nSPS) is 22.1. The molecule has 1 aromatic carbocycles. The van der Waals surface area contributed by atoms with Crippen LogP contribution in [-0.4, -0.2) is 23.5 Å². The summed E-state index contributed by atoms with van der Waals surface area (Å²) in [5, 5.41) is 9.35. The van der Waals surface area contributed by atoms with Gasteiger partial charge in [-0.05, 0) is 43.0 Å². The monoisotopic (exact) mass is 337 g/mol. The van der Waals surface area contributed by atoms with Gasteiger partial charge in [0.1, 0.15) is 0 Å². The predicted octanol–water partition coefficient (Wildman–Crippen LogP) is 3.15. The Bertz CT molecular complexity index is 568. The summed E-state index contributed by atoms with van der Waals surface area (Å²) in [4.78, 5) is 25.6. The Labute approximate surface area is 125 Å². The molecule has 0 saturated heterocycles. The summed E-state index contributed by atoms with van der Waals surface area (Å²) < 4.78 is 0.848. The Morgan fingerprint density at radius 1 is 1.25 bits per heavy atom. The maximum absolute atomic E-state index is 12.5. The van der Waals surface area contributed by atoms with Crippen molar-refractivity contribution in [1.29, 1.82) is 0 Å². The van der Waals surface area contributed by atoms with Crippen molar-refractivity contribution in [3.05, 3.63) is 28.2 Å². The van der Waals surface area contributed by atoms with E-state index in [0.717, 1.165) is 35.0 Å². The second kappa shape index (κ2) is 5.20. The number of anilines is 1. The van der Waals surface area contributed by atoms with Crippen LogP contribution < -0.4 is 4.90 Å². The van der Waals surface area contributed by atoms with Gasteiger partial charge in [-0.25, -0.2) is 0 Å². The number of carboxylic acid groups (broad SMARTS) is 1. The smallest absolute Gasteiger partial charge is 0.311 e. The van der Waals surface area contributed by atoms with Gasteiger partial charge in [0.15, 0.2) is 0 Å². The van der Waals surface area contributed by atoms with E-state index < -0.39 is 11.9 Å². The second-order valence-corrected chi connectivity index (χ2v) is 6.42. The lowest BCUT2D eigenvalue weighted by Gasteiger charge is -2.37. The molecule has 20 heavy (non-hydrogen) atoms. The molecular formula is C15H16BrNO3. The van der Waals surface area contributed by atoms with Crippen LogP contribution in [0.25, 0.3) is 0 Å². The number of carboxylic acids is 1. The van der Waals surface area contributed by atoms with Gasteiger partial charge in [0.05, 0.1) is 5.92 Å². The molecule has 1 fully saturated rings. The summed E-state index contributed by atoms with van der Waals surface area (Å²) in [6, 6.07) is 5.55. The zero-order valence-electron chi connectivity index (χ0n) is 11.0. The lowest BCUT2D eigenvalue weighted by atomic mass is 9.82. The first kappa shape index (κ1) is 13.6. The number of benzene rings is 1. The highest BCUT2D eigenvalue weighted by atomic mass is 79.9. The van der Waals surface area contributed by atoms with E-state index >= 15 is 0 Å². The molecule has 1 aliphatic heterocycles. The molecule has 0 aromatic heterocycles. The van der Waals surface area contributed by atoms with Crippen LogP contribution in [0.1, 0.15) is 37.2 Å². The topological polar surface area (TPSA) is 57.6 Å². The number of nitrogens with zero attached hydrogens (tertiary/aromatic N) is 1. The molecular weight excluding hydrogens is 322 g/mol. The maximum Gasteiger partial charge on any atom is 0.311 e.